The van der Waals surface area contributed by atoms with Crippen LogP contribution in [0.5, 0.6) is 0 Å². The molecular weight excluding hydrogens is 379 g/mol. The van der Waals surface area contributed by atoms with Crippen LogP contribution in [-0.2, 0) is 6.54 Å². The van der Waals surface area contributed by atoms with Gasteiger partial charge in [-0.05, 0) is 79.9 Å². The Morgan fingerprint density at radius 1 is 1.11 bits per heavy atom. The van der Waals surface area contributed by atoms with Gasteiger partial charge in [-0.3, -0.25) is 14.5 Å². The maximum absolute atomic E-state index is 13.0. The van der Waals surface area contributed by atoms with Crippen LogP contribution in [0.2, 0.25) is 5.02 Å². The normalized spacial score (nSPS) is 17.8. The van der Waals surface area contributed by atoms with Gasteiger partial charge in [0.1, 0.15) is 5.82 Å². The average Bonchev–Trinajstić information content (AvgIpc) is 2.98. The fourth-order valence-corrected chi connectivity index (χ4v) is 4.26. The number of hydrogen-bond donors (Lipinski definition) is 0. The van der Waals surface area contributed by atoms with E-state index < -0.39 is 0 Å². The molecule has 0 aromatic heterocycles. The molecule has 4 nitrogen and oxygen atoms in total. The van der Waals surface area contributed by atoms with E-state index in [1.54, 1.807) is 6.07 Å². The van der Waals surface area contributed by atoms with Gasteiger partial charge < -0.3 is 4.90 Å². The quantitative estimate of drug-likeness (QED) is 0.711. The van der Waals surface area contributed by atoms with E-state index in [0.29, 0.717) is 29.6 Å². The fourth-order valence-electron chi connectivity index (χ4n) is 4.07. The average molecular weight is 401 g/mol. The van der Waals surface area contributed by atoms with Crippen LogP contribution in [0.1, 0.15) is 39.1 Å². The summed E-state index contributed by atoms with van der Waals surface area (Å²) in [5, 5.41) is 0.660. The van der Waals surface area contributed by atoms with Crippen molar-refractivity contribution in [3.8, 4) is 0 Å². The molecule has 2 aromatic carbocycles. The molecule has 2 aliphatic rings. The zero-order valence-corrected chi connectivity index (χ0v) is 16.3. The predicted octanol–water partition coefficient (Wildman–Crippen LogP) is 4.03. The molecule has 1 saturated heterocycles. The number of ketones is 1. The molecule has 2 aliphatic heterocycles. The van der Waals surface area contributed by atoms with Gasteiger partial charge in [-0.2, -0.15) is 0 Å². The zero-order chi connectivity index (χ0) is 19.7. The molecule has 2 aromatic rings. The number of fused-ring (bicyclic) bond motifs is 1. The Balaban J connectivity index is 1.27. The minimum absolute atomic E-state index is 0.0144. The van der Waals surface area contributed by atoms with E-state index in [2.05, 4.69) is 4.90 Å². The van der Waals surface area contributed by atoms with Crippen LogP contribution < -0.4 is 0 Å². The lowest BCUT2D eigenvalue weighted by Crippen LogP contribution is -2.40. The predicted molar refractivity (Wildman–Crippen MR) is 106 cm³/mol. The minimum Gasteiger partial charge on any atom is -0.334 e. The maximum atomic E-state index is 13.0. The molecule has 0 spiro atoms. The van der Waals surface area contributed by atoms with Crippen molar-refractivity contribution < 1.29 is 14.0 Å². The number of rotatable bonds is 5. The van der Waals surface area contributed by atoms with Crippen molar-refractivity contribution in [2.45, 2.75) is 19.4 Å². The number of amides is 1. The van der Waals surface area contributed by atoms with Crippen LogP contribution in [0.4, 0.5) is 4.39 Å². The largest absolute Gasteiger partial charge is 0.334 e. The molecule has 4 rings (SSSR count). The summed E-state index contributed by atoms with van der Waals surface area (Å²) < 4.78 is 13.0. The molecule has 0 bridgehead atoms. The minimum atomic E-state index is -0.335. The molecule has 1 fully saturated rings. The number of Topliss-reactive ketones (excluding diaryl/α,β-unsaturated/α-hetero) is 1. The Kier molecular flexibility index (Phi) is 5.47. The highest BCUT2D eigenvalue weighted by atomic mass is 35.5. The van der Waals surface area contributed by atoms with Gasteiger partial charge in [0, 0.05) is 29.2 Å². The first-order valence-corrected chi connectivity index (χ1v) is 9.96. The highest BCUT2D eigenvalue weighted by molar-refractivity contribution is 6.30. The van der Waals surface area contributed by atoms with Crippen LogP contribution in [0.15, 0.2) is 42.5 Å². The first kappa shape index (κ1) is 19.1. The number of likely N-dealkylation sites (tertiary alicyclic amines) is 1. The molecule has 146 valence electrons. The summed E-state index contributed by atoms with van der Waals surface area (Å²) >= 11 is 6.04. The van der Waals surface area contributed by atoms with Crippen molar-refractivity contribution in [1.29, 1.82) is 0 Å². The van der Waals surface area contributed by atoms with Gasteiger partial charge in [0.15, 0.2) is 5.78 Å². The van der Waals surface area contributed by atoms with Crippen molar-refractivity contribution in [1.82, 2.24) is 9.80 Å². The van der Waals surface area contributed by atoms with Crippen molar-refractivity contribution in [3.05, 3.63) is 70.0 Å². The van der Waals surface area contributed by atoms with E-state index in [-0.39, 0.29) is 17.5 Å². The van der Waals surface area contributed by atoms with E-state index in [1.165, 1.54) is 24.3 Å². The lowest BCUT2D eigenvalue weighted by Gasteiger charge is -2.33. The van der Waals surface area contributed by atoms with Crippen molar-refractivity contribution in [2.75, 3.05) is 26.2 Å². The fraction of sp³-hybridized carbons (Fsp3) is 0.364. The van der Waals surface area contributed by atoms with Crippen LogP contribution in [0.25, 0.3) is 0 Å². The summed E-state index contributed by atoms with van der Waals surface area (Å²) in [5.74, 6) is 0.199. The number of halogens is 2. The van der Waals surface area contributed by atoms with E-state index in [9.17, 15) is 14.0 Å². The van der Waals surface area contributed by atoms with E-state index in [1.807, 2.05) is 17.0 Å². The smallest absolute Gasteiger partial charge is 0.254 e. The molecule has 0 unspecified atom stereocenters. The van der Waals surface area contributed by atoms with Crippen molar-refractivity contribution in [3.63, 3.8) is 0 Å². The SMILES string of the molecule is O=C(CN1CCC(CN2Cc3cc(Cl)ccc3C2=O)CC1)c1ccc(F)cc1. The Hall–Kier alpha value is -2.24. The Labute approximate surface area is 168 Å². The molecule has 0 N–H and O–H groups in total. The molecule has 0 radical (unpaired) electrons. The third-order valence-corrected chi connectivity index (χ3v) is 5.90. The first-order valence-electron chi connectivity index (χ1n) is 9.58. The molecule has 0 aliphatic carbocycles. The number of piperidine rings is 1. The van der Waals surface area contributed by atoms with Crippen LogP contribution in [-0.4, -0.2) is 47.7 Å². The summed E-state index contributed by atoms with van der Waals surface area (Å²) in [6, 6.07) is 11.1. The number of benzene rings is 2. The lowest BCUT2D eigenvalue weighted by molar-refractivity contribution is 0.0707. The summed E-state index contributed by atoms with van der Waals surface area (Å²) in [6.07, 6.45) is 1.91. The molecule has 28 heavy (non-hydrogen) atoms. The van der Waals surface area contributed by atoms with E-state index in [0.717, 1.165) is 43.6 Å². The molecule has 0 atom stereocenters. The van der Waals surface area contributed by atoms with Crippen molar-refractivity contribution >= 4 is 23.3 Å². The van der Waals surface area contributed by atoms with Gasteiger partial charge in [0.2, 0.25) is 0 Å². The molecule has 1 amide bonds. The first-order chi connectivity index (χ1) is 13.5. The standard InChI is InChI=1S/C22H22ClFN2O2/c23-18-3-6-20-17(11-18)13-26(22(20)28)12-15-7-9-25(10-8-15)14-21(27)16-1-4-19(24)5-2-16/h1-6,11,15H,7-10,12-14H2. The van der Waals surface area contributed by atoms with Gasteiger partial charge >= 0.3 is 0 Å². The second-order valence-corrected chi connectivity index (χ2v) is 8.07. The maximum Gasteiger partial charge on any atom is 0.254 e. The summed E-state index contributed by atoms with van der Waals surface area (Å²) in [4.78, 5) is 29.0. The highest BCUT2D eigenvalue weighted by Gasteiger charge is 2.30. The number of hydrogen-bond acceptors (Lipinski definition) is 3. The Morgan fingerprint density at radius 3 is 2.54 bits per heavy atom. The van der Waals surface area contributed by atoms with E-state index >= 15 is 0 Å². The number of nitrogens with zero attached hydrogens (tertiary/aromatic N) is 2. The highest BCUT2D eigenvalue weighted by Crippen LogP contribution is 2.28. The van der Waals surface area contributed by atoms with Gasteiger partial charge in [-0.25, -0.2) is 4.39 Å². The monoisotopic (exact) mass is 400 g/mol. The number of carbonyl (C=O) groups is 2. The lowest BCUT2D eigenvalue weighted by atomic mass is 9.95. The van der Waals surface area contributed by atoms with E-state index in [4.69, 9.17) is 11.6 Å². The second kappa shape index (κ2) is 8.02. The molecule has 2 heterocycles. The topological polar surface area (TPSA) is 40.6 Å². The third kappa shape index (κ3) is 4.10. The van der Waals surface area contributed by atoms with Gasteiger partial charge in [0.25, 0.3) is 5.91 Å². The summed E-state index contributed by atoms with van der Waals surface area (Å²) in [5.41, 5.74) is 2.30. The second-order valence-electron chi connectivity index (χ2n) is 7.64. The van der Waals surface area contributed by atoms with Gasteiger partial charge in [-0.1, -0.05) is 11.6 Å². The molecular formula is C22H22ClFN2O2. The zero-order valence-electron chi connectivity index (χ0n) is 15.5. The van der Waals surface area contributed by atoms with Gasteiger partial charge in [-0.15, -0.1) is 0 Å². The Bertz CT molecular complexity index is 892. The van der Waals surface area contributed by atoms with Crippen LogP contribution in [0, 0.1) is 11.7 Å². The van der Waals surface area contributed by atoms with Gasteiger partial charge in [0.05, 0.1) is 6.54 Å². The Morgan fingerprint density at radius 2 is 1.82 bits per heavy atom. The number of carbonyl (C=O) groups excluding carboxylic acids is 2. The van der Waals surface area contributed by atoms with Crippen molar-refractivity contribution in [2.24, 2.45) is 5.92 Å². The molecule has 6 heteroatoms. The van der Waals surface area contributed by atoms with Crippen LogP contribution in [0.3, 0.4) is 0 Å². The van der Waals surface area contributed by atoms with Crippen LogP contribution >= 0.6 is 11.6 Å². The third-order valence-electron chi connectivity index (χ3n) is 5.67. The summed E-state index contributed by atoms with van der Waals surface area (Å²) in [6.45, 7) is 3.38. The summed E-state index contributed by atoms with van der Waals surface area (Å²) in [7, 11) is 0. The molecule has 0 saturated carbocycles.